The fourth-order valence-corrected chi connectivity index (χ4v) is 4.08. The van der Waals surface area contributed by atoms with Crippen molar-refractivity contribution in [2.45, 2.75) is 6.61 Å². The summed E-state index contributed by atoms with van der Waals surface area (Å²) in [6.45, 7) is 0.404. The number of anilines is 1. The molecule has 166 valence electrons. The predicted octanol–water partition coefficient (Wildman–Crippen LogP) is 6.61. The maximum atomic E-state index is 12.5. The molecule has 0 bridgehead atoms. The highest BCUT2D eigenvalue weighted by Crippen LogP contribution is 2.37. The number of halogens is 3. The zero-order valence-electron chi connectivity index (χ0n) is 16.9. The molecule has 0 fully saturated rings. The molecule has 3 aromatic carbocycles. The summed E-state index contributed by atoms with van der Waals surface area (Å²) in [5, 5.41) is 12.6. The third-order valence-corrected chi connectivity index (χ3v) is 5.65. The lowest BCUT2D eigenvalue weighted by molar-refractivity contribution is -0.112. The molecule has 0 saturated heterocycles. The number of nitrogens with one attached hydrogen (secondary N) is 1. The molecular formula is C24H15BrCl2N2O4. The zero-order chi connectivity index (χ0) is 23.4. The fourth-order valence-electron chi connectivity index (χ4n) is 3.07. The van der Waals surface area contributed by atoms with Crippen molar-refractivity contribution in [3.8, 4) is 23.3 Å². The molecule has 1 amide bonds. The maximum Gasteiger partial charge on any atom is 0.266 e. The maximum absolute atomic E-state index is 12.5. The Kier molecular flexibility index (Phi) is 7.09. The average molecular weight is 546 g/mol. The Morgan fingerprint density at radius 2 is 1.88 bits per heavy atom. The van der Waals surface area contributed by atoms with Crippen LogP contribution in [-0.4, -0.2) is 12.7 Å². The number of benzene rings is 3. The topological polar surface area (TPSA) is 80.6 Å². The van der Waals surface area contributed by atoms with Crippen molar-refractivity contribution < 1.29 is 19.0 Å². The second-order valence-electron chi connectivity index (χ2n) is 6.92. The number of ether oxygens (including phenoxy) is 3. The number of amides is 1. The minimum Gasteiger partial charge on any atom is -0.486 e. The van der Waals surface area contributed by atoms with E-state index in [0.29, 0.717) is 28.5 Å². The third-order valence-electron chi connectivity index (χ3n) is 4.60. The fraction of sp³-hybridized carbons (Fsp3) is 0.0833. The molecular weight excluding hydrogens is 531 g/mol. The number of carbonyl (C=O) groups excluding carboxylic acids is 1. The number of hydrogen-bond acceptors (Lipinski definition) is 5. The summed E-state index contributed by atoms with van der Waals surface area (Å²) in [6, 6.07) is 17.6. The quantitative estimate of drug-likeness (QED) is 0.278. The van der Waals surface area contributed by atoms with Crippen LogP contribution in [0.15, 0.2) is 64.6 Å². The molecule has 0 aromatic heterocycles. The van der Waals surface area contributed by atoms with Crippen LogP contribution >= 0.6 is 39.1 Å². The Morgan fingerprint density at radius 1 is 1.12 bits per heavy atom. The molecule has 0 spiro atoms. The van der Waals surface area contributed by atoms with Crippen LogP contribution in [0, 0.1) is 11.3 Å². The highest BCUT2D eigenvalue weighted by atomic mass is 79.9. The van der Waals surface area contributed by atoms with E-state index in [2.05, 4.69) is 21.2 Å². The number of fused-ring (bicyclic) bond motifs is 1. The monoisotopic (exact) mass is 544 g/mol. The van der Waals surface area contributed by atoms with Gasteiger partial charge in [-0.1, -0.05) is 51.3 Å². The Morgan fingerprint density at radius 3 is 2.61 bits per heavy atom. The molecule has 0 atom stereocenters. The van der Waals surface area contributed by atoms with E-state index in [4.69, 9.17) is 37.4 Å². The van der Waals surface area contributed by atoms with E-state index >= 15 is 0 Å². The SMILES string of the molecule is N#C/C(=C/c1cc(Cl)c(OCc2ccc3c(c2)OCO3)c(Cl)c1)C(=O)Nc1cccc(Br)c1. The lowest BCUT2D eigenvalue weighted by atomic mass is 10.1. The van der Waals surface area contributed by atoms with Gasteiger partial charge >= 0.3 is 0 Å². The Balaban J connectivity index is 1.49. The normalized spacial score (nSPS) is 12.2. The predicted molar refractivity (Wildman–Crippen MR) is 130 cm³/mol. The van der Waals surface area contributed by atoms with Gasteiger partial charge in [0.05, 0.1) is 10.0 Å². The van der Waals surface area contributed by atoms with Crippen LogP contribution in [0.3, 0.4) is 0 Å². The summed E-state index contributed by atoms with van der Waals surface area (Å²) in [6.07, 6.45) is 1.41. The first kappa shape index (κ1) is 23.0. The number of nitrogens with zero attached hydrogens (tertiary/aromatic N) is 1. The lowest BCUT2D eigenvalue weighted by Gasteiger charge is -2.12. The minimum absolute atomic E-state index is 0.101. The highest BCUT2D eigenvalue weighted by Gasteiger charge is 2.16. The molecule has 4 rings (SSSR count). The molecule has 1 N–H and O–H groups in total. The van der Waals surface area contributed by atoms with Crippen LogP contribution in [0.5, 0.6) is 17.2 Å². The van der Waals surface area contributed by atoms with Crippen molar-refractivity contribution >= 4 is 56.8 Å². The number of carbonyl (C=O) groups is 1. The lowest BCUT2D eigenvalue weighted by Crippen LogP contribution is -2.13. The molecule has 9 heteroatoms. The van der Waals surface area contributed by atoms with E-state index in [1.807, 2.05) is 24.3 Å². The highest BCUT2D eigenvalue weighted by molar-refractivity contribution is 9.10. The first-order valence-electron chi connectivity index (χ1n) is 9.62. The van der Waals surface area contributed by atoms with Gasteiger partial charge in [-0.25, -0.2) is 0 Å². The molecule has 0 radical (unpaired) electrons. The summed E-state index contributed by atoms with van der Waals surface area (Å²) in [5.74, 6) is 1.08. The van der Waals surface area contributed by atoms with Crippen molar-refractivity contribution in [3.63, 3.8) is 0 Å². The minimum atomic E-state index is -0.550. The summed E-state index contributed by atoms with van der Waals surface area (Å²) in [4.78, 5) is 12.5. The smallest absolute Gasteiger partial charge is 0.266 e. The molecule has 1 aliphatic rings. The van der Waals surface area contributed by atoms with Gasteiger partial charge in [-0.3, -0.25) is 4.79 Å². The Bertz CT molecular complexity index is 1280. The first-order valence-corrected chi connectivity index (χ1v) is 11.2. The van der Waals surface area contributed by atoms with Crippen molar-refractivity contribution in [3.05, 3.63) is 85.8 Å². The summed E-state index contributed by atoms with van der Waals surface area (Å²) in [5.41, 5.74) is 1.79. The van der Waals surface area contributed by atoms with Gasteiger partial charge in [0.2, 0.25) is 6.79 Å². The molecule has 3 aromatic rings. The first-order chi connectivity index (χ1) is 15.9. The molecule has 1 aliphatic heterocycles. The van der Waals surface area contributed by atoms with Gasteiger partial charge in [-0.2, -0.15) is 5.26 Å². The van der Waals surface area contributed by atoms with Crippen LogP contribution in [0.4, 0.5) is 5.69 Å². The summed E-state index contributed by atoms with van der Waals surface area (Å²) < 4.78 is 17.3. The van der Waals surface area contributed by atoms with Crippen LogP contribution in [-0.2, 0) is 11.4 Å². The van der Waals surface area contributed by atoms with Crippen LogP contribution in [0.25, 0.3) is 6.08 Å². The van der Waals surface area contributed by atoms with Crippen LogP contribution < -0.4 is 19.5 Å². The largest absolute Gasteiger partial charge is 0.486 e. The van der Waals surface area contributed by atoms with Gasteiger partial charge in [-0.15, -0.1) is 0 Å². The van der Waals surface area contributed by atoms with E-state index in [1.165, 1.54) is 6.08 Å². The second kappa shape index (κ2) is 10.2. The van der Waals surface area contributed by atoms with Crippen molar-refractivity contribution in [1.29, 1.82) is 5.26 Å². The van der Waals surface area contributed by atoms with Gasteiger partial charge in [0.1, 0.15) is 18.2 Å². The van der Waals surface area contributed by atoms with E-state index in [1.54, 1.807) is 36.4 Å². The molecule has 33 heavy (non-hydrogen) atoms. The van der Waals surface area contributed by atoms with Gasteiger partial charge in [-0.05, 0) is 59.7 Å². The van der Waals surface area contributed by atoms with Crippen LogP contribution in [0.1, 0.15) is 11.1 Å². The van der Waals surface area contributed by atoms with Crippen LogP contribution in [0.2, 0.25) is 10.0 Å². The van der Waals surface area contributed by atoms with Crippen molar-refractivity contribution in [2.75, 3.05) is 12.1 Å². The van der Waals surface area contributed by atoms with Gasteiger partial charge < -0.3 is 19.5 Å². The summed E-state index contributed by atoms with van der Waals surface area (Å²) in [7, 11) is 0. The van der Waals surface area contributed by atoms with E-state index < -0.39 is 5.91 Å². The van der Waals surface area contributed by atoms with Crippen molar-refractivity contribution in [1.82, 2.24) is 0 Å². The average Bonchev–Trinajstić information content (AvgIpc) is 3.25. The number of hydrogen-bond donors (Lipinski definition) is 1. The second-order valence-corrected chi connectivity index (χ2v) is 8.65. The summed E-state index contributed by atoms with van der Waals surface area (Å²) >= 11 is 16.1. The van der Waals surface area contributed by atoms with E-state index in [9.17, 15) is 10.1 Å². The van der Waals surface area contributed by atoms with Gasteiger partial charge in [0.25, 0.3) is 5.91 Å². The molecule has 6 nitrogen and oxygen atoms in total. The number of rotatable bonds is 6. The van der Waals surface area contributed by atoms with Gasteiger partial charge in [0.15, 0.2) is 17.2 Å². The standard InChI is InChI=1S/C24H15BrCl2N2O4/c25-17-2-1-3-18(10-17)29-24(30)16(11-28)6-15-7-19(26)23(20(27)8-15)31-12-14-4-5-21-22(9-14)33-13-32-21/h1-10H,12-13H2,(H,29,30)/b16-6-. The van der Waals surface area contributed by atoms with Gasteiger partial charge in [0, 0.05) is 10.2 Å². The Labute approximate surface area is 208 Å². The number of nitriles is 1. The van der Waals surface area contributed by atoms with E-state index in [-0.39, 0.29) is 29.0 Å². The molecule has 0 aliphatic carbocycles. The molecule has 0 unspecified atom stereocenters. The zero-order valence-corrected chi connectivity index (χ0v) is 20.0. The van der Waals surface area contributed by atoms with Crippen molar-refractivity contribution in [2.24, 2.45) is 0 Å². The molecule has 0 saturated carbocycles. The Hall–Kier alpha value is -3.18. The van der Waals surface area contributed by atoms with E-state index in [0.717, 1.165) is 10.0 Å². The molecule has 1 heterocycles. The third kappa shape index (κ3) is 5.60.